The van der Waals surface area contributed by atoms with Gasteiger partial charge in [-0.15, -0.1) is 11.3 Å². The Morgan fingerprint density at radius 1 is 1.40 bits per heavy atom. The van der Waals surface area contributed by atoms with Crippen molar-refractivity contribution in [3.8, 4) is 0 Å². The molecule has 5 heteroatoms. The zero-order valence-electron chi connectivity index (χ0n) is 11.4. The summed E-state index contributed by atoms with van der Waals surface area (Å²) in [6.07, 6.45) is 0.374. The molecule has 1 atom stereocenters. The second-order valence-corrected chi connectivity index (χ2v) is 6.35. The van der Waals surface area contributed by atoms with Gasteiger partial charge in [0, 0.05) is 21.3 Å². The minimum atomic E-state index is -0.426. The van der Waals surface area contributed by atoms with E-state index in [2.05, 4.69) is 20.9 Å². The molecule has 0 N–H and O–H groups in total. The summed E-state index contributed by atoms with van der Waals surface area (Å²) >= 11 is 4.98. The third kappa shape index (κ3) is 3.98. The second kappa shape index (κ2) is 7.11. The van der Waals surface area contributed by atoms with Gasteiger partial charge in [-0.3, -0.25) is 4.79 Å². The lowest BCUT2D eigenvalue weighted by Crippen LogP contribution is -2.22. The first-order valence-corrected chi connectivity index (χ1v) is 8.05. The first-order valence-electron chi connectivity index (χ1n) is 6.38. The Kier molecular flexibility index (Phi) is 5.46. The van der Waals surface area contributed by atoms with Crippen molar-refractivity contribution in [2.75, 3.05) is 6.61 Å². The number of nitrogens with zero attached hydrogens (tertiary/aromatic N) is 1. The fourth-order valence-corrected chi connectivity index (χ4v) is 2.85. The van der Waals surface area contributed by atoms with Gasteiger partial charge in [0.1, 0.15) is 6.10 Å². The normalized spacial score (nSPS) is 12.3. The van der Waals surface area contributed by atoms with Gasteiger partial charge in [0.05, 0.1) is 17.8 Å². The van der Waals surface area contributed by atoms with Crippen LogP contribution >= 0.6 is 27.3 Å². The van der Waals surface area contributed by atoms with Gasteiger partial charge in [-0.2, -0.15) is 0 Å². The zero-order valence-corrected chi connectivity index (χ0v) is 13.8. The number of carbonyl (C=O) groups is 1. The summed E-state index contributed by atoms with van der Waals surface area (Å²) in [7, 11) is 0. The van der Waals surface area contributed by atoms with Crippen LogP contribution in [0.25, 0.3) is 0 Å². The number of aryl methyl sites for hydroxylation is 1. The number of ketones is 1. The Morgan fingerprint density at radius 2 is 2.10 bits per heavy atom. The molecule has 106 valence electrons. The summed E-state index contributed by atoms with van der Waals surface area (Å²) in [6.45, 7) is 4.32. The molecule has 0 aliphatic carbocycles. The largest absolute Gasteiger partial charge is 0.370 e. The molecule has 0 bridgehead atoms. The van der Waals surface area contributed by atoms with Crippen molar-refractivity contribution in [3.05, 3.63) is 50.4 Å². The van der Waals surface area contributed by atoms with Crippen molar-refractivity contribution in [1.29, 1.82) is 0 Å². The number of aromatic nitrogens is 1. The van der Waals surface area contributed by atoms with Crippen LogP contribution < -0.4 is 0 Å². The molecule has 0 aliphatic rings. The minimum absolute atomic E-state index is 0.0125. The van der Waals surface area contributed by atoms with Crippen LogP contribution in [0.4, 0.5) is 0 Å². The monoisotopic (exact) mass is 353 g/mol. The van der Waals surface area contributed by atoms with Crippen LogP contribution in [0.5, 0.6) is 0 Å². The van der Waals surface area contributed by atoms with Gasteiger partial charge in [-0.1, -0.05) is 28.1 Å². The van der Waals surface area contributed by atoms with Gasteiger partial charge >= 0.3 is 0 Å². The number of ether oxygens (including phenoxy) is 1. The molecule has 1 aromatic carbocycles. The molecular weight excluding hydrogens is 338 g/mol. The predicted molar refractivity (Wildman–Crippen MR) is 84.4 cm³/mol. The molecule has 0 saturated carbocycles. The summed E-state index contributed by atoms with van der Waals surface area (Å²) in [5.74, 6) is 0.0125. The Morgan fingerprint density at radius 3 is 2.70 bits per heavy atom. The molecule has 2 aromatic rings. The summed E-state index contributed by atoms with van der Waals surface area (Å²) in [4.78, 5) is 17.6. The van der Waals surface area contributed by atoms with Crippen molar-refractivity contribution in [2.45, 2.75) is 26.4 Å². The summed E-state index contributed by atoms with van der Waals surface area (Å²) in [5.41, 5.74) is 3.56. The number of hydrogen-bond acceptors (Lipinski definition) is 4. The van der Waals surface area contributed by atoms with E-state index in [1.54, 1.807) is 30.4 Å². The first kappa shape index (κ1) is 15.4. The molecule has 0 fully saturated rings. The average Bonchev–Trinajstić information content (AvgIpc) is 2.84. The molecule has 0 radical (unpaired) electrons. The van der Waals surface area contributed by atoms with Crippen molar-refractivity contribution in [3.63, 3.8) is 0 Å². The van der Waals surface area contributed by atoms with Crippen molar-refractivity contribution < 1.29 is 9.53 Å². The molecule has 0 aliphatic heterocycles. The van der Waals surface area contributed by atoms with Gasteiger partial charge in [0.2, 0.25) is 0 Å². The highest BCUT2D eigenvalue weighted by atomic mass is 79.9. The third-order valence-corrected chi connectivity index (χ3v) is 4.56. The van der Waals surface area contributed by atoms with Gasteiger partial charge in [-0.05, 0) is 26.0 Å². The second-order valence-electron chi connectivity index (χ2n) is 4.50. The fraction of sp³-hybridized carbons (Fsp3) is 0.333. The first-order chi connectivity index (χ1) is 9.58. The maximum Gasteiger partial charge on any atom is 0.191 e. The maximum atomic E-state index is 12.2. The Balaban J connectivity index is 1.85. The lowest BCUT2D eigenvalue weighted by molar-refractivity contribution is 0.0488. The van der Waals surface area contributed by atoms with E-state index in [0.29, 0.717) is 12.2 Å². The number of Topliss-reactive ketones (excluding diaryl/α,β-unsaturated/α-hetero) is 1. The van der Waals surface area contributed by atoms with Gasteiger partial charge in [0.15, 0.2) is 5.78 Å². The molecule has 2 rings (SSSR count). The van der Waals surface area contributed by atoms with Crippen molar-refractivity contribution in [2.24, 2.45) is 0 Å². The Hall–Kier alpha value is -1.04. The van der Waals surface area contributed by atoms with E-state index in [9.17, 15) is 4.79 Å². The molecular formula is C15H16BrNO2S. The van der Waals surface area contributed by atoms with Crippen LogP contribution in [-0.2, 0) is 11.2 Å². The number of rotatable bonds is 6. The molecule has 3 nitrogen and oxygen atoms in total. The van der Waals surface area contributed by atoms with Gasteiger partial charge < -0.3 is 4.74 Å². The van der Waals surface area contributed by atoms with Gasteiger partial charge in [0.25, 0.3) is 0 Å². The third-order valence-electron chi connectivity index (χ3n) is 3.04. The number of benzene rings is 1. The summed E-state index contributed by atoms with van der Waals surface area (Å²) in [5, 5.41) is 0. The number of halogens is 1. The van der Waals surface area contributed by atoms with E-state index in [0.717, 1.165) is 16.6 Å². The van der Waals surface area contributed by atoms with E-state index in [4.69, 9.17) is 4.74 Å². The van der Waals surface area contributed by atoms with Crippen molar-refractivity contribution >= 4 is 33.0 Å². The Labute approximate surface area is 131 Å². The van der Waals surface area contributed by atoms with E-state index in [1.807, 2.05) is 24.6 Å². The molecule has 0 spiro atoms. The SMILES string of the molecule is Cc1ncsc1CCOC(C)C(=O)c1ccc(Br)cc1. The number of hydrogen-bond donors (Lipinski definition) is 0. The zero-order chi connectivity index (χ0) is 14.5. The lowest BCUT2D eigenvalue weighted by atomic mass is 10.1. The summed E-state index contributed by atoms with van der Waals surface area (Å²) in [6, 6.07) is 7.33. The van der Waals surface area contributed by atoms with Crippen LogP contribution in [0.3, 0.4) is 0 Å². The number of thiazole rings is 1. The molecule has 1 heterocycles. The van der Waals surface area contributed by atoms with E-state index in [1.165, 1.54) is 4.88 Å². The smallest absolute Gasteiger partial charge is 0.191 e. The molecule has 20 heavy (non-hydrogen) atoms. The minimum Gasteiger partial charge on any atom is -0.370 e. The van der Waals surface area contributed by atoms with Crippen molar-refractivity contribution in [1.82, 2.24) is 4.98 Å². The molecule has 0 amide bonds. The fourth-order valence-electron chi connectivity index (χ4n) is 1.82. The highest BCUT2D eigenvalue weighted by Gasteiger charge is 2.15. The maximum absolute atomic E-state index is 12.2. The van der Waals surface area contributed by atoms with Crippen LogP contribution in [0.2, 0.25) is 0 Å². The van der Waals surface area contributed by atoms with Crippen LogP contribution in [0, 0.1) is 6.92 Å². The summed E-state index contributed by atoms with van der Waals surface area (Å²) < 4.78 is 6.60. The highest BCUT2D eigenvalue weighted by Crippen LogP contribution is 2.15. The van der Waals surface area contributed by atoms with Gasteiger partial charge in [-0.25, -0.2) is 4.98 Å². The highest BCUT2D eigenvalue weighted by molar-refractivity contribution is 9.10. The lowest BCUT2D eigenvalue weighted by Gasteiger charge is -2.12. The van der Waals surface area contributed by atoms with E-state index < -0.39 is 6.10 Å². The van der Waals surface area contributed by atoms with E-state index >= 15 is 0 Å². The van der Waals surface area contributed by atoms with Crippen LogP contribution in [0.1, 0.15) is 27.9 Å². The average molecular weight is 354 g/mol. The number of carbonyl (C=O) groups excluding carboxylic acids is 1. The van der Waals surface area contributed by atoms with Crippen LogP contribution in [0.15, 0.2) is 34.2 Å². The molecule has 1 unspecified atom stereocenters. The molecule has 1 aromatic heterocycles. The predicted octanol–water partition coefficient (Wildman–Crippen LogP) is 4.04. The quantitative estimate of drug-likeness (QED) is 0.735. The standard InChI is InChI=1S/C15H16BrNO2S/c1-10-14(20-9-17-10)7-8-19-11(2)15(18)12-3-5-13(16)6-4-12/h3-6,9,11H,7-8H2,1-2H3. The van der Waals surface area contributed by atoms with Crippen LogP contribution in [-0.4, -0.2) is 23.5 Å². The topological polar surface area (TPSA) is 39.2 Å². The van der Waals surface area contributed by atoms with E-state index in [-0.39, 0.29) is 5.78 Å². The molecule has 0 saturated heterocycles. The Bertz CT molecular complexity index is 580.